The first-order valence-electron chi connectivity index (χ1n) is 13.7. The number of hydrogen-bond acceptors (Lipinski definition) is 6. The van der Waals surface area contributed by atoms with Crippen molar-refractivity contribution in [3.63, 3.8) is 0 Å². The van der Waals surface area contributed by atoms with Crippen molar-refractivity contribution in [2.75, 3.05) is 5.88 Å². The van der Waals surface area contributed by atoms with Crippen molar-refractivity contribution in [2.24, 2.45) is 0 Å². The van der Waals surface area contributed by atoms with Crippen LogP contribution in [0.4, 0.5) is 4.79 Å². The molecule has 1 aliphatic heterocycles. The number of nitrogens with one attached hydrogen (secondary N) is 2. The molecule has 1 saturated heterocycles. The maximum absolute atomic E-state index is 13.8. The predicted molar refractivity (Wildman–Crippen MR) is 165 cm³/mol. The summed E-state index contributed by atoms with van der Waals surface area (Å²) < 4.78 is 4.78. The minimum absolute atomic E-state index is 0.0332. The number of benzene rings is 3. The fraction of sp³-hybridized carbons (Fsp3) is 0.344. The number of rotatable bonds is 10. The number of halogens is 1. The van der Waals surface area contributed by atoms with Gasteiger partial charge in [0.25, 0.3) is 5.91 Å². The maximum Gasteiger partial charge on any atom is 0.407 e. The SMILES string of the molecule is Cc1ccccc1CNC(=O)[C@H]1N(C(=O)[C@@H](O)[C@H](Cc2ccccc2)NC(=O)OCc2cccc(Cl)c2)CSC1(C)C. The summed E-state index contributed by atoms with van der Waals surface area (Å²) in [5.41, 5.74) is 3.55. The number of ether oxygens (including phenoxy) is 1. The average Bonchev–Trinajstić information content (AvgIpc) is 3.29. The van der Waals surface area contributed by atoms with Gasteiger partial charge in [-0.3, -0.25) is 9.59 Å². The van der Waals surface area contributed by atoms with Gasteiger partial charge in [0, 0.05) is 16.3 Å². The summed E-state index contributed by atoms with van der Waals surface area (Å²) in [4.78, 5) is 41.5. The van der Waals surface area contributed by atoms with E-state index in [1.807, 2.05) is 75.4 Å². The zero-order valence-corrected chi connectivity index (χ0v) is 25.5. The Morgan fingerprint density at radius 2 is 1.74 bits per heavy atom. The number of nitrogens with zero attached hydrogens (tertiary/aromatic N) is 1. The van der Waals surface area contributed by atoms with E-state index in [1.165, 1.54) is 16.7 Å². The van der Waals surface area contributed by atoms with E-state index in [9.17, 15) is 19.5 Å². The number of aryl methyl sites for hydroxylation is 1. The molecule has 10 heteroatoms. The van der Waals surface area contributed by atoms with E-state index >= 15 is 0 Å². The van der Waals surface area contributed by atoms with Crippen molar-refractivity contribution in [3.05, 3.63) is 106 Å². The zero-order chi connectivity index (χ0) is 30.3. The topological polar surface area (TPSA) is 108 Å². The minimum atomic E-state index is -1.62. The van der Waals surface area contributed by atoms with Crippen LogP contribution >= 0.6 is 23.4 Å². The fourth-order valence-electron chi connectivity index (χ4n) is 4.92. The molecular weight excluding hydrogens is 574 g/mol. The van der Waals surface area contributed by atoms with Crippen LogP contribution < -0.4 is 10.6 Å². The van der Waals surface area contributed by atoms with Crippen LogP contribution in [-0.2, 0) is 33.9 Å². The molecule has 3 aromatic carbocycles. The molecule has 4 rings (SSSR count). The van der Waals surface area contributed by atoms with Gasteiger partial charge < -0.3 is 25.4 Å². The van der Waals surface area contributed by atoms with Crippen molar-refractivity contribution in [2.45, 2.75) is 63.3 Å². The van der Waals surface area contributed by atoms with Gasteiger partial charge in [0.15, 0.2) is 6.10 Å². The number of amides is 3. The first kappa shape index (κ1) is 31.4. The Labute approximate surface area is 255 Å². The fourth-order valence-corrected chi connectivity index (χ4v) is 6.27. The summed E-state index contributed by atoms with van der Waals surface area (Å²) in [6, 6.07) is 22.1. The predicted octanol–water partition coefficient (Wildman–Crippen LogP) is 4.84. The molecule has 1 heterocycles. The quantitative estimate of drug-likeness (QED) is 0.304. The number of carbonyl (C=O) groups is 3. The van der Waals surface area contributed by atoms with Gasteiger partial charge in [0.05, 0.1) is 11.9 Å². The van der Waals surface area contributed by atoms with E-state index in [2.05, 4.69) is 10.6 Å². The standard InChI is InChI=1S/C32H36ClN3O5S/c1-21-10-7-8-14-24(21)18-34-29(38)28-32(2,3)42-20-36(28)30(39)27(37)26(17-22-11-5-4-6-12-22)35-31(40)41-19-23-13-9-15-25(33)16-23/h4-16,26-28,37H,17-20H2,1-3H3,(H,34,38)(H,35,40)/t26-,27-,28+/m0/s1. The second-order valence-electron chi connectivity index (χ2n) is 10.8. The van der Waals surface area contributed by atoms with E-state index in [0.717, 1.165) is 16.7 Å². The van der Waals surface area contributed by atoms with Crippen molar-refractivity contribution >= 4 is 41.3 Å². The Morgan fingerprint density at radius 3 is 2.45 bits per heavy atom. The second-order valence-corrected chi connectivity index (χ2v) is 12.9. The number of aliphatic hydroxyl groups excluding tert-OH is 1. The molecule has 1 fully saturated rings. The molecule has 3 atom stereocenters. The zero-order valence-electron chi connectivity index (χ0n) is 23.9. The maximum atomic E-state index is 13.8. The van der Waals surface area contributed by atoms with Gasteiger partial charge in [0.2, 0.25) is 5.91 Å². The Balaban J connectivity index is 1.48. The molecule has 0 saturated carbocycles. The van der Waals surface area contributed by atoms with Crippen molar-refractivity contribution < 1.29 is 24.2 Å². The van der Waals surface area contributed by atoms with Gasteiger partial charge in [-0.1, -0.05) is 78.3 Å². The van der Waals surface area contributed by atoms with Crippen molar-refractivity contribution in [1.82, 2.24) is 15.5 Å². The number of thioether (sulfide) groups is 1. The summed E-state index contributed by atoms with van der Waals surface area (Å²) in [5.74, 6) is -0.717. The highest BCUT2D eigenvalue weighted by atomic mass is 35.5. The largest absolute Gasteiger partial charge is 0.445 e. The lowest BCUT2D eigenvalue weighted by atomic mass is 9.97. The summed E-state index contributed by atoms with van der Waals surface area (Å²) in [6.45, 7) is 6.08. The van der Waals surface area contributed by atoms with Gasteiger partial charge in [-0.05, 0) is 61.6 Å². The first-order valence-corrected chi connectivity index (χ1v) is 15.1. The summed E-state index contributed by atoms with van der Waals surface area (Å²) in [7, 11) is 0. The van der Waals surface area contributed by atoms with E-state index in [-0.39, 0.29) is 24.8 Å². The van der Waals surface area contributed by atoms with Gasteiger partial charge in [-0.25, -0.2) is 4.79 Å². The highest BCUT2D eigenvalue weighted by molar-refractivity contribution is 8.00. The molecule has 0 aliphatic carbocycles. The number of aliphatic hydroxyl groups is 1. The number of hydrogen-bond donors (Lipinski definition) is 3. The van der Waals surface area contributed by atoms with Crippen LogP contribution in [0.1, 0.15) is 36.1 Å². The molecular formula is C32H36ClN3O5S. The monoisotopic (exact) mass is 609 g/mol. The Morgan fingerprint density at radius 1 is 1.05 bits per heavy atom. The summed E-state index contributed by atoms with van der Waals surface area (Å²) in [5, 5.41) is 17.5. The summed E-state index contributed by atoms with van der Waals surface area (Å²) >= 11 is 7.49. The van der Waals surface area contributed by atoms with E-state index < -0.39 is 34.9 Å². The van der Waals surface area contributed by atoms with E-state index in [4.69, 9.17) is 16.3 Å². The average molecular weight is 610 g/mol. The van der Waals surface area contributed by atoms with Crippen LogP contribution in [0.15, 0.2) is 78.9 Å². The molecule has 0 spiro atoms. The molecule has 3 N–H and O–H groups in total. The Bertz CT molecular complexity index is 1400. The van der Waals surface area contributed by atoms with Crippen LogP contribution in [0, 0.1) is 6.92 Å². The molecule has 8 nitrogen and oxygen atoms in total. The molecule has 222 valence electrons. The second kappa shape index (κ2) is 14.1. The highest BCUT2D eigenvalue weighted by Gasteiger charge is 2.49. The van der Waals surface area contributed by atoms with E-state index in [0.29, 0.717) is 17.1 Å². The van der Waals surface area contributed by atoms with Crippen LogP contribution in [0.2, 0.25) is 5.02 Å². The van der Waals surface area contributed by atoms with E-state index in [1.54, 1.807) is 24.3 Å². The first-order chi connectivity index (χ1) is 20.0. The highest BCUT2D eigenvalue weighted by Crippen LogP contribution is 2.40. The summed E-state index contributed by atoms with van der Waals surface area (Å²) in [6.07, 6.45) is -2.23. The van der Waals surface area contributed by atoms with Gasteiger partial charge in [0.1, 0.15) is 12.6 Å². The molecule has 1 aliphatic rings. The lowest BCUT2D eigenvalue weighted by Gasteiger charge is -2.33. The van der Waals surface area contributed by atoms with Crippen molar-refractivity contribution in [1.29, 1.82) is 0 Å². The van der Waals surface area contributed by atoms with Gasteiger partial charge >= 0.3 is 6.09 Å². The molecule has 3 amide bonds. The molecule has 0 radical (unpaired) electrons. The Hall–Kier alpha value is -3.53. The molecule has 0 bridgehead atoms. The molecule has 42 heavy (non-hydrogen) atoms. The molecule has 3 aromatic rings. The number of alkyl carbamates (subject to hydrolysis) is 1. The van der Waals surface area contributed by atoms with Gasteiger partial charge in [-0.15, -0.1) is 11.8 Å². The van der Waals surface area contributed by atoms with Crippen LogP contribution in [0.5, 0.6) is 0 Å². The molecule has 0 aromatic heterocycles. The third kappa shape index (κ3) is 8.06. The van der Waals surface area contributed by atoms with Crippen molar-refractivity contribution in [3.8, 4) is 0 Å². The van der Waals surface area contributed by atoms with Crippen LogP contribution in [0.25, 0.3) is 0 Å². The third-order valence-electron chi connectivity index (χ3n) is 7.29. The Kier molecular flexibility index (Phi) is 10.5. The normalized spacial score (nSPS) is 17.3. The van der Waals surface area contributed by atoms with Gasteiger partial charge in [-0.2, -0.15) is 0 Å². The number of carbonyl (C=O) groups excluding carboxylic acids is 3. The minimum Gasteiger partial charge on any atom is -0.445 e. The smallest absolute Gasteiger partial charge is 0.407 e. The third-order valence-corrected chi connectivity index (χ3v) is 8.90. The lowest BCUT2D eigenvalue weighted by Crippen LogP contribution is -2.58. The lowest BCUT2D eigenvalue weighted by molar-refractivity contribution is -0.147. The van der Waals surface area contributed by atoms with Crippen LogP contribution in [0.3, 0.4) is 0 Å². The molecule has 0 unspecified atom stereocenters. The van der Waals surface area contributed by atoms with Crippen LogP contribution in [-0.4, -0.2) is 56.7 Å².